The quantitative estimate of drug-likeness (QED) is 0.549. The first-order chi connectivity index (χ1) is 5.44. The normalized spacial score (nSPS) is 33.2. The first-order valence-electron chi connectivity index (χ1n) is 4.12. The summed E-state index contributed by atoms with van der Waals surface area (Å²) in [4.78, 5) is 10.4. The minimum absolute atomic E-state index is 0.120. The fourth-order valence-electron chi connectivity index (χ4n) is 1.71. The molecule has 3 N–H and O–H groups in total. The zero-order chi connectivity index (χ0) is 9.35. The van der Waals surface area contributed by atoms with E-state index in [1.807, 2.05) is 13.8 Å². The third kappa shape index (κ3) is 1.53. The fourth-order valence-corrected chi connectivity index (χ4v) is 1.71. The van der Waals surface area contributed by atoms with Gasteiger partial charge in [0.25, 0.3) is 0 Å². The van der Waals surface area contributed by atoms with Gasteiger partial charge in [0.1, 0.15) is 0 Å². The predicted octanol–water partition coefficient (Wildman–Crippen LogP) is 0.804. The van der Waals surface area contributed by atoms with Gasteiger partial charge in [0.15, 0.2) is 0 Å². The van der Waals surface area contributed by atoms with Gasteiger partial charge in [-0.2, -0.15) is 0 Å². The summed E-state index contributed by atoms with van der Waals surface area (Å²) in [6, 6.07) is -0.120. The summed E-state index contributed by atoms with van der Waals surface area (Å²) in [7, 11) is 0. The smallest absolute Gasteiger partial charge is 0.404 e. The van der Waals surface area contributed by atoms with Gasteiger partial charge in [0.2, 0.25) is 0 Å². The molecule has 1 rings (SSSR count). The van der Waals surface area contributed by atoms with Gasteiger partial charge in [-0.15, -0.1) is 0 Å². The van der Waals surface area contributed by atoms with Crippen molar-refractivity contribution in [3.8, 4) is 0 Å². The first-order valence-corrected chi connectivity index (χ1v) is 4.12. The average molecular weight is 173 g/mol. The van der Waals surface area contributed by atoms with Gasteiger partial charge in [-0.05, 0) is 12.8 Å². The Balaban J connectivity index is 2.62. The molecule has 0 aliphatic heterocycles. The Labute approximate surface area is 71.6 Å². The molecule has 1 fully saturated rings. The van der Waals surface area contributed by atoms with Crippen molar-refractivity contribution in [1.82, 2.24) is 5.32 Å². The van der Waals surface area contributed by atoms with Gasteiger partial charge < -0.3 is 15.5 Å². The SMILES string of the molecule is CC1(C)C(O)CCC1NC(=O)O. The molecule has 12 heavy (non-hydrogen) atoms. The number of hydrogen-bond acceptors (Lipinski definition) is 2. The summed E-state index contributed by atoms with van der Waals surface area (Å²) in [5.74, 6) is 0. The molecule has 0 heterocycles. The highest BCUT2D eigenvalue weighted by atomic mass is 16.4. The van der Waals surface area contributed by atoms with Gasteiger partial charge in [0, 0.05) is 11.5 Å². The predicted molar refractivity (Wildman–Crippen MR) is 44.0 cm³/mol. The van der Waals surface area contributed by atoms with Crippen LogP contribution in [0.4, 0.5) is 4.79 Å². The number of carbonyl (C=O) groups is 1. The Bertz CT molecular complexity index is 191. The molecule has 0 radical (unpaired) electrons. The minimum Gasteiger partial charge on any atom is -0.465 e. The van der Waals surface area contributed by atoms with Crippen molar-refractivity contribution < 1.29 is 15.0 Å². The Morgan fingerprint density at radius 3 is 2.42 bits per heavy atom. The van der Waals surface area contributed by atoms with Gasteiger partial charge in [-0.1, -0.05) is 13.8 Å². The van der Waals surface area contributed by atoms with Crippen LogP contribution in [0.15, 0.2) is 0 Å². The third-order valence-corrected chi connectivity index (χ3v) is 2.78. The van der Waals surface area contributed by atoms with Crippen LogP contribution in [0.25, 0.3) is 0 Å². The highest BCUT2D eigenvalue weighted by Crippen LogP contribution is 2.37. The Morgan fingerprint density at radius 2 is 2.08 bits per heavy atom. The van der Waals surface area contributed by atoms with E-state index in [4.69, 9.17) is 5.11 Å². The number of carboxylic acid groups (broad SMARTS) is 1. The molecule has 1 saturated carbocycles. The molecule has 0 aromatic rings. The Morgan fingerprint density at radius 1 is 1.50 bits per heavy atom. The molecule has 0 saturated heterocycles. The van der Waals surface area contributed by atoms with Crippen LogP contribution >= 0.6 is 0 Å². The third-order valence-electron chi connectivity index (χ3n) is 2.78. The number of hydrogen-bond donors (Lipinski definition) is 3. The lowest BCUT2D eigenvalue weighted by molar-refractivity contribution is 0.0645. The summed E-state index contributed by atoms with van der Waals surface area (Å²) in [5, 5.41) is 20.4. The van der Waals surface area contributed by atoms with E-state index in [1.54, 1.807) is 0 Å². The van der Waals surface area contributed by atoms with Crippen LogP contribution in [-0.2, 0) is 0 Å². The molecule has 1 aliphatic carbocycles. The van der Waals surface area contributed by atoms with Crippen LogP contribution in [0.1, 0.15) is 26.7 Å². The van der Waals surface area contributed by atoms with E-state index in [2.05, 4.69) is 5.32 Å². The molecular weight excluding hydrogens is 158 g/mol. The van der Waals surface area contributed by atoms with E-state index >= 15 is 0 Å². The second kappa shape index (κ2) is 2.94. The van der Waals surface area contributed by atoms with Crippen molar-refractivity contribution in [3.63, 3.8) is 0 Å². The number of aliphatic hydroxyl groups excluding tert-OH is 1. The summed E-state index contributed by atoms with van der Waals surface area (Å²) in [6.45, 7) is 3.76. The van der Waals surface area contributed by atoms with Crippen molar-refractivity contribution in [2.24, 2.45) is 5.41 Å². The van der Waals surface area contributed by atoms with Crippen LogP contribution < -0.4 is 5.32 Å². The fraction of sp³-hybridized carbons (Fsp3) is 0.875. The highest BCUT2D eigenvalue weighted by molar-refractivity contribution is 5.65. The lowest BCUT2D eigenvalue weighted by atomic mass is 9.85. The van der Waals surface area contributed by atoms with Gasteiger partial charge in [-0.3, -0.25) is 0 Å². The summed E-state index contributed by atoms with van der Waals surface area (Å²) >= 11 is 0. The molecule has 70 valence electrons. The molecule has 4 nitrogen and oxygen atoms in total. The standard InChI is InChI=1S/C8H15NO3/c1-8(2)5(9-7(11)12)3-4-6(8)10/h5-6,9-10H,3-4H2,1-2H3,(H,11,12). The first kappa shape index (κ1) is 9.32. The number of aliphatic hydroxyl groups is 1. The Hall–Kier alpha value is -0.770. The van der Waals surface area contributed by atoms with Crippen LogP contribution in [0.2, 0.25) is 0 Å². The van der Waals surface area contributed by atoms with Crippen molar-refractivity contribution >= 4 is 6.09 Å². The topological polar surface area (TPSA) is 69.6 Å². The molecule has 2 atom stereocenters. The van der Waals surface area contributed by atoms with E-state index < -0.39 is 12.2 Å². The maximum absolute atomic E-state index is 10.4. The molecule has 2 unspecified atom stereocenters. The van der Waals surface area contributed by atoms with E-state index in [-0.39, 0.29) is 11.5 Å². The van der Waals surface area contributed by atoms with E-state index in [9.17, 15) is 9.90 Å². The van der Waals surface area contributed by atoms with Crippen LogP contribution in [0.3, 0.4) is 0 Å². The number of rotatable bonds is 1. The van der Waals surface area contributed by atoms with Gasteiger partial charge in [-0.25, -0.2) is 4.79 Å². The average Bonchev–Trinajstić information content (AvgIpc) is 2.15. The number of amides is 1. The second-order valence-electron chi connectivity index (χ2n) is 3.92. The van der Waals surface area contributed by atoms with Crippen molar-refractivity contribution in [1.29, 1.82) is 0 Å². The van der Waals surface area contributed by atoms with Crippen LogP contribution in [0.5, 0.6) is 0 Å². The lowest BCUT2D eigenvalue weighted by Crippen LogP contribution is -2.44. The van der Waals surface area contributed by atoms with Gasteiger partial charge >= 0.3 is 6.09 Å². The second-order valence-corrected chi connectivity index (χ2v) is 3.92. The van der Waals surface area contributed by atoms with E-state index in [1.165, 1.54) is 0 Å². The lowest BCUT2D eigenvalue weighted by Gasteiger charge is -2.29. The molecule has 1 aliphatic rings. The van der Waals surface area contributed by atoms with E-state index in [0.717, 1.165) is 6.42 Å². The minimum atomic E-state index is -1.01. The molecular formula is C8H15NO3. The zero-order valence-electron chi connectivity index (χ0n) is 7.37. The molecule has 0 aromatic heterocycles. The van der Waals surface area contributed by atoms with Gasteiger partial charge in [0.05, 0.1) is 6.10 Å². The summed E-state index contributed by atoms with van der Waals surface area (Å²) < 4.78 is 0. The summed E-state index contributed by atoms with van der Waals surface area (Å²) in [5.41, 5.74) is -0.335. The maximum atomic E-state index is 10.4. The molecule has 1 amide bonds. The molecule has 0 spiro atoms. The molecule has 4 heteroatoms. The molecule has 0 aromatic carbocycles. The van der Waals surface area contributed by atoms with E-state index in [0.29, 0.717) is 6.42 Å². The van der Waals surface area contributed by atoms with Crippen molar-refractivity contribution in [2.75, 3.05) is 0 Å². The molecule has 0 bridgehead atoms. The van der Waals surface area contributed by atoms with Crippen molar-refractivity contribution in [3.05, 3.63) is 0 Å². The van der Waals surface area contributed by atoms with Crippen LogP contribution in [-0.4, -0.2) is 28.5 Å². The van der Waals surface area contributed by atoms with Crippen molar-refractivity contribution in [2.45, 2.75) is 38.8 Å². The summed E-state index contributed by atoms with van der Waals surface area (Å²) in [6.07, 6.45) is -0.00479. The highest BCUT2D eigenvalue weighted by Gasteiger charge is 2.42. The Kier molecular flexibility index (Phi) is 2.28. The monoisotopic (exact) mass is 173 g/mol. The maximum Gasteiger partial charge on any atom is 0.404 e. The number of nitrogens with one attached hydrogen (secondary N) is 1. The zero-order valence-corrected chi connectivity index (χ0v) is 7.37. The van der Waals surface area contributed by atoms with Crippen LogP contribution in [0, 0.1) is 5.41 Å². The largest absolute Gasteiger partial charge is 0.465 e.